The molecule has 1 aromatic carbocycles. The molecule has 0 bridgehead atoms. The van der Waals surface area contributed by atoms with Crippen molar-refractivity contribution in [2.75, 3.05) is 18.1 Å². The number of aromatic nitrogens is 3. The molecule has 2 aromatic rings. The molecule has 1 aromatic heterocycles. The lowest BCUT2D eigenvalue weighted by molar-refractivity contribution is 0.310. The SMILES string of the molecule is C#C/C=C(\C=C(/C)C#N)Nc1nc(N)nc(CN(C)Cc2ccccc2)n1. The first kappa shape index (κ1) is 19.6. The van der Waals surface area contributed by atoms with E-state index >= 15 is 0 Å². The summed E-state index contributed by atoms with van der Waals surface area (Å²) in [7, 11) is 1.97. The molecule has 0 spiro atoms. The van der Waals surface area contributed by atoms with E-state index in [0.717, 1.165) is 6.54 Å². The number of terminal acetylenes is 1. The van der Waals surface area contributed by atoms with E-state index < -0.39 is 0 Å². The van der Waals surface area contributed by atoms with Gasteiger partial charge in [0.1, 0.15) is 5.82 Å². The van der Waals surface area contributed by atoms with Crippen LogP contribution in [0, 0.1) is 23.7 Å². The van der Waals surface area contributed by atoms with Gasteiger partial charge in [0.2, 0.25) is 11.9 Å². The molecule has 0 fully saturated rings. The molecule has 1 heterocycles. The number of nitrogens with zero attached hydrogens (tertiary/aromatic N) is 5. The highest BCUT2D eigenvalue weighted by atomic mass is 15.2. The number of nitrogens with two attached hydrogens (primary N) is 1. The Morgan fingerprint density at radius 2 is 2.00 bits per heavy atom. The number of nitriles is 1. The lowest BCUT2D eigenvalue weighted by Gasteiger charge is -2.16. The molecule has 7 nitrogen and oxygen atoms in total. The molecule has 136 valence electrons. The largest absolute Gasteiger partial charge is 0.368 e. The smallest absolute Gasteiger partial charge is 0.232 e. The van der Waals surface area contributed by atoms with Gasteiger partial charge < -0.3 is 11.1 Å². The molecule has 0 aliphatic carbocycles. The van der Waals surface area contributed by atoms with Gasteiger partial charge in [-0.1, -0.05) is 36.3 Å². The molecular weight excluding hydrogens is 338 g/mol. The Morgan fingerprint density at radius 3 is 2.67 bits per heavy atom. The van der Waals surface area contributed by atoms with Gasteiger partial charge in [0.05, 0.1) is 18.3 Å². The maximum atomic E-state index is 8.93. The first-order valence-corrected chi connectivity index (χ1v) is 8.24. The predicted molar refractivity (Wildman–Crippen MR) is 106 cm³/mol. The third kappa shape index (κ3) is 6.62. The predicted octanol–water partition coefficient (Wildman–Crippen LogP) is 2.48. The average molecular weight is 359 g/mol. The minimum Gasteiger partial charge on any atom is -0.368 e. The third-order valence-corrected chi connectivity index (χ3v) is 3.45. The van der Waals surface area contributed by atoms with Crippen LogP contribution >= 0.6 is 0 Å². The number of anilines is 2. The number of nitrogen functional groups attached to an aromatic ring is 1. The Hall–Kier alpha value is -3.68. The monoisotopic (exact) mass is 359 g/mol. The Morgan fingerprint density at radius 1 is 1.26 bits per heavy atom. The van der Waals surface area contributed by atoms with E-state index in [1.807, 2.05) is 31.3 Å². The third-order valence-electron chi connectivity index (χ3n) is 3.45. The molecule has 3 N–H and O–H groups in total. The number of nitrogens with one attached hydrogen (secondary N) is 1. The Kier molecular flexibility index (Phi) is 7.07. The van der Waals surface area contributed by atoms with Gasteiger partial charge in [0.25, 0.3) is 0 Å². The summed E-state index contributed by atoms with van der Waals surface area (Å²) in [6, 6.07) is 12.2. The summed E-state index contributed by atoms with van der Waals surface area (Å²) in [6.07, 6.45) is 8.44. The number of allylic oxidation sites excluding steroid dienone is 3. The summed E-state index contributed by atoms with van der Waals surface area (Å²) in [5.41, 5.74) is 8.02. The summed E-state index contributed by atoms with van der Waals surface area (Å²) in [6.45, 7) is 2.93. The molecule has 0 saturated carbocycles. The fourth-order valence-corrected chi connectivity index (χ4v) is 2.36. The number of benzene rings is 1. The molecule has 0 unspecified atom stereocenters. The zero-order chi connectivity index (χ0) is 19.6. The van der Waals surface area contributed by atoms with E-state index in [9.17, 15) is 0 Å². The van der Waals surface area contributed by atoms with E-state index in [4.69, 9.17) is 17.4 Å². The van der Waals surface area contributed by atoms with Crippen molar-refractivity contribution in [1.82, 2.24) is 19.9 Å². The average Bonchev–Trinajstić information content (AvgIpc) is 2.62. The first-order valence-electron chi connectivity index (χ1n) is 8.24. The lowest BCUT2D eigenvalue weighted by Crippen LogP contribution is -2.20. The van der Waals surface area contributed by atoms with Crippen molar-refractivity contribution in [2.24, 2.45) is 0 Å². The summed E-state index contributed by atoms with van der Waals surface area (Å²) in [4.78, 5) is 14.7. The number of rotatable bonds is 7. The summed E-state index contributed by atoms with van der Waals surface area (Å²) in [5.74, 6) is 3.33. The highest BCUT2D eigenvalue weighted by Gasteiger charge is 2.09. The summed E-state index contributed by atoms with van der Waals surface area (Å²) >= 11 is 0. The van der Waals surface area contributed by atoms with Crippen LogP contribution in [0.3, 0.4) is 0 Å². The second-order valence-electron chi connectivity index (χ2n) is 5.92. The van der Waals surface area contributed by atoms with E-state index in [-0.39, 0.29) is 11.9 Å². The van der Waals surface area contributed by atoms with Crippen LogP contribution in [0.4, 0.5) is 11.9 Å². The van der Waals surface area contributed by atoms with Gasteiger partial charge in [-0.05, 0) is 25.6 Å². The normalized spacial score (nSPS) is 11.7. The van der Waals surface area contributed by atoms with Crippen LogP contribution in [0.1, 0.15) is 18.3 Å². The molecule has 0 aliphatic heterocycles. The zero-order valence-electron chi connectivity index (χ0n) is 15.3. The zero-order valence-corrected chi connectivity index (χ0v) is 15.3. The Labute approximate surface area is 159 Å². The van der Waals surface area contributed by atoms with E-state index in [0.29, 0.717) is 23.6 Å². The lowest BCUT2D eigenvalue weighted by atomic mass is 10.2. The van der Waals surface area contributed by atoms with Crippen molar-refractivity contribution < 1.29 is 0 Å². The highest BCUT2D eigenvalue weighted by Crippen LogP contribution is 2.11. The van der Waals surface area contributed by atoms with E-state index in [2.05, 4.69) is 43.2 Å². The van der Waals surface area contributed by atoms with Gasteiger partial charge in [-0.25, -0.2) is 0 Å². The van der Waals surface area contributed by atoms with Crippen LogP contribution in [0.15, 0.2) is 53.8 Å². The van der Waals surface area contributed by atoms with E-state index in [1.165, 1.54) is 11.6 Å². The van der Waals surface area contributed by atoms with Crippen LogP contribution in [0.2, 0.25) is 0 Å². The quantitative estimate of drug-likeness (QED) is 0.444. The number of hydrogen-bond donors (Lipinski definition) is 2. The van der Waals surface area contributed by atoms with Gasteiger partial charge in [-0.3, -0.25) is 4.90 Å². The maximum Gasteiger partial charge on any atom is 0.232 e. The minimum atomic E-state index is 0.108. The maximum absolute atomic E-state index is 8.93. The Balaban J connectivity index is 2.14. The second-order valence-corrected chi connectivity index (χ2v) is 5.92. The molecule has 0 radical (unpaired) electrons. The first-order chi connectivity index (χ1) is 13.0. The molecule has 2 rings (SSSR count). The van der Waals surface area contributed by atoms with Crippen molar-refractivity contribution in [1.29, 1.82) is 5.26 Å². The standard InChI is InChI=1S/C20H21N7/c1-4-8-17(11-15(2)12-21)23-20-25-18(24-19(22)26-20)14-27(3)13-16-9-6-5-7-10-16/h1,5-11H,13-14H2,2-3H3,(H3,22,23,24,25,26)/b15-11+,17-8+. The Bertz CT molecular complexity index is 918. The van der Waals surface area contributed by atoms with Crippen LogP contribution in [0.5, 0.6) is 0 Å². The minimum absolute atomic E-state index is 0.108. The van der Waals surface area contributed by atoms with Gasteiger partial charge in [-0.15, -0.1) is 6.42 Å². The topological polar surface area (TPSA) is 104 Å². The molecule has 0 aliphatic rings. The van der Waals surface area contributed by atoms with Gasteiger partial charge in [0.15, 0.2) is 0 Å². The van der Waals surface area contributed by atoms with Crippen LogP contribution in [0.25, 0.3) is 0 Å². The van der Waals surface area contributed by atoms with Crippen molar-refractivity contribution in [3.8, 4) is 18.4 Å². The highest BCUT2D eigenvalue weighted by molar-refractivity contribution is 5.46. The van der Waals surface area contributed by atoms with Crippen molar-refractivity contribution in [3.05, 3.63) is 65.1 Å². The summed E-state index contributed by atoms with van der Waals surface area (Å²) < 4.78 is 0. The molecular formula is C20H21N7. The molecule has 0 saturated heterocycles. The molecule has 7 heteroatoms. The fourth-order valence-electron chi connectivity index (χ4n) is 2.36. The van der Waals surface area contributed by atoms with E-state index in [1.54, 1.807) is 13.0 Å². The van der Waals surface area contributed by atoms with Gasteiger partial charge >= 0.3 is 0 Å². The summed E-state index contributed by atoms with van der Waals surface area (Å²) in [5, 5.41) is 11.9. The van der Waals surface area contributed by atoms with Crippen LogP contribution < -0.4 is 11.1 Å². The van der Waals surface area contributed by atoms with Crippen LogP contribution in [-0.2, 0) is 13.1 Å². The molecule has 0 atom stereocenters. The van der Waals surface area contributed by atoms with Crippen molar-refractivity contribution in [2.45, 2.75) is 20.0 Å². The molecule has 27 heavy (non-hydrogen) atoms. The van der Waals surface area contributed by atoms with Crippen molar-refractivity contribution >= 4 is 11.9 Å². The fraction of sp³-hybridized carbons (Fsp3) is 0.200. The molecule has 0 amide bonds. The number of hydrogen-bond acceptors (Lipinski definition) is 7. The van der Waals surface area contributed by atoms with Gasteiger partial charge in [0, 0.05) is 18.2 Å². The second kappa shape index (κ2) is 9.71. The van der Waals surface area contributed by atoms with Crippen molar-refractivity contribution in [3.63, 3.8) is 0 Å². The van der Waals surface area contributed by atoms with Crippen LogP contribution in [-0.4, -0.2) is 26.9 Å². The van der Waals surface area contributed by atoms with Gasteiger partial charge in [-0.2, -0.15) is 20.2 Å².